The van der Waals surface area contributed by atoms with Crippen LogP contribution in [0.5, 0.6) is 0 Å². The van der Waals surface area contributed by atoms with Crippen LogP contribution in [0.25, 0.3) is 0 Å². The minimum Gasteiger partial charge on any atom is -0.364 e. The van der Waals surface area contributed by atoms with Crippen LogP contribution in [0.4, 0.5) is 5.69 Å². The van der Waals surface area contributed by atoms with E-state index in [4.69, 9.17) is 11.6 Å². The molecule has 4 nitrogen and oxygen atoms in total. The van der Waals surface area contributed by atoms with E-state index < -0.39 is 0 Å². The molecule has 1 aliphatic rings. The molecule has 0 atom stereocenters. The van der Waals surface area contributed by atoms with Crippen LogP contribution in [0, 0.1) is 0 Å². The van der Waals surface area contributed by atoms with Gasteiger partial charge in [0.15, 0.2) is 5.96 Å². The van der Waals surface area contributed by atoms with Crippen LogP contribution in [-0.2, 0) is 13.0 Å². The molecule has 0 bridgehead atoms. The predicted molar refractivity (Wildman–Crippen MR) is 127 cm³/mol. The summed E-state index contributed by atoms with van der Waals surface area (Å²) in [6, 6.07) is 16.6. The molecule has 0 saturated heterocycles. The Morgan fingerprint density at radius 3 is 2.59 bits per heavy atom. The molecule has 2 N–H and O–H groups in total. The average Bonchev–Trinajstić information content (AvgIpc) is 3.21. The molecule has 3 rings (SSSR count). The number of nitrogens with zero attached hydrogens (tertiary/aromatic N) is 2. The second kappa shape index (κ2) is 11.2. The summed E-state index contributed by atoms with van der Waals surface area (Å²) in [5.74, 6) is 0.797. The Labute approximate surface area is 183 Å². The summed E-state index contributed by atoms with van der Waals surface area (Å²) in [5, 5.41) is 7.53. The number of aliphatic imine (C=N–C) groups is 1. The van der Waals surface area contributed by atoms with Gasteiger partial charge in [0, 0.05) is 43.9 Å². The van der Waals surface area contributed by atoms with E-state index in [1.807, 2.05) is 18.2 Å². The van der Waals surface area contributed by atoms with E-state index in [1.54, 1.807) is 7.05 Å². The summed E-state index contributed by atoms with van der Waals surface area (Å²) < 4.78 is 0. The zero-order valence-corrected chi connectivity index (χ0v) is 18.6. The molecule has 27 heavy (non-hydrogen) atoms. The molecule has 0 aliphatic carbocycles. The number of benzene rings is 2. The van der Waals surface area contributed by atoms with Crippen molar-refractivity contribution < 1.29 is 0 Å². The van der Waals surface area contributed by atoms with Crippen LogP contribution in [0.2, 0.25) is 5.02 Å². The van der Waals surface area contributed by atoms with Gasteiger partial charge in [-0.05, 0) is 35.7 Å². The Morgan fingerprint density at radius 2 is 1.85 bits per heavy atom. The fraction of sp³-hybridized carbons (Fsp3) is 0.286. The zero-order valence-electron chi connectivity index (χ0n) is 15.5. The van der Waals surface area contributed by atoms with E-state index in [9.17, 15) is 0 Å². The van der Waals surface area contributed by atoms with E-state index in [1.165, 1.54) is 11.3 Å². The van der Waals surface area contributed by atoms with Gasteiger partial charge in [0.1, 0.15) is 0 Å². The van der Waals surface area contributed by atoms with Crippen LogP contribution in [0.3, 0.4) is 0 Å². The Hall–Kier alpha value is -1.73. The van der Waals surface area contributed by atoms with Crippen molar-refractivity contribution in [3.63, 3.8) is 0 Å². The van der Waals surface area contributed by atoms with Crippen LogP contribution < -0.4 is 15.5 Å². The molecule has 0 fully saturated rings. The maximum atomic E-state index is 6.20. The number of guanidine groups is 1. The van der Waals surface area contributed by atoms with Crippen LogP contribution in [-0.4, -0.2) is 32.6 Å². The highest BCUT2D eigenvalue weighted by Gasteiger charge is 2.08. The number of rotatable bonds is 6. The molecule has 2 aromatic carbocycles. The molecule has 2 aromatic rings. The van der Waals surface area contributed by atoms with E-state index in [2.05, 4.69) is 63.0 Å². The lowest BCUT2D eigenvalue weighted by molar-refractivity contribution is 0.794. The van der Waals surface area contributed by atoms with Crippen molar-refractivity contribution in [1.82, 2.24) is 10.6 Å². The SMILES string of the molecule is CN=C(NCCc1ccccc1Cl)NCc1cccc(N2CC=CC2)c1.I. The molecule has 144 valence electrons. The van der Waals surface area contributed by atoms with Gasteiger partial charge in [-0.25, -0.2) is 0 Å². The number of hydrogen-bond donors (Lipinski definition) is 2. The van der Waals surface area contributed by atoms with Crippen LogP contribution >= 0.6 is 35.6 Å². The highest BCUT2D eigenvalue weighted by molar-refractivity contribution is 14.0. The monoisotopic (exact) mass is 496 g/mol. The van der Waals surface area contributed by atoms with Crippen molar-refractivity contribution in [3.8, 4) is 0 Å². The Bertz CT molecular complexity index is 783. The first-order valence-corrected chi connectivity index (χ1v) is 9.31. The predicted octanol–water partition coefficient (Wildman–Crippen LogP) is 4.24. The lowest BCUT2D eigenvalue weighted by Gasteiger charge is -2.19. The van der Waals surface area contributed by atoms with Crippen molar-refractivity contribution in [1.29, 1.82) is 0 Å². The lowest BCUT2D eigenvalue weighted by Crippen LogP contribution is -2.37. The van der Waals surface area contributed by atoms with Gasteiger partial charge < -0.3 is 15.5 Å². The van der Waals surface area contributed by atoms with Crippen molar-refractivity contribution >= 4 is 47.2 Å². The largest absolute Gasteiger partial charge is 0.364 e. The van der Waals surface area contributed by atoms with Gasteiger partial charge in [-0.2, -0.15) is 0 Å². The van der Waals surface area contributed by atoms with Crippen LogP contribution in [0.1, 0.15) is 11.1 Å². The molecule has 0 radical (unpaired) electrons. The van der Waals surface area contributed by atoms with Crippen molar-refractivity contribution in [2.45, 2.75) is 13.0 Å². The normalized spacial score (nSPS) is 13.4. The molecule has 6 heteroatoms. The third-order valence-electron chi connectivity index (χ3n) is 4.42. The van der Waals surface area contributed by atoms with Gasteiger partial charge in [0.2, 0.25) is 0 Å². The molecule has 0 spiro atoms. The summed E-state index contributed by atoms with van der Waals surface area (Å²) in [4.78, 5) is 6.65. The van der Waals surface area contributed by atoms with E-state index >= 15 is 0 Å². The Morgan fingerprint density at radius 1 is 1.07 bits per heavy atom. The van der Waals surface area contributed by atoms with Gasteiger partial charge >= 0.3 is 0 Å². The number of halogens is 2. The molecular weight excluding hydrogens is 471 g/mol. The molecule has 0 saturated carbocycles. The fourth-order valence-electron chi connectivity index (χ4n) is 2.98. The van der Waals surface area contributed by atoms with E-state index in [0.29, 0.717) is 0 Å². The second-order valence-corrected chi connectivity index (χ2v) is 6.65. The minimum atomic E-state index is 0. The first-order valence-electron chi connectivity index (χ1n) is 8.93. The Balaban J connectivity index is 0.00000261. The summed E-state index contributed by atoms with van der Waals surface area (Å²) in [6.07, 6.45) is 5.27. The highest BCUT2D eigenvalue weighted by atomic mass is 127. The molecule has 1 aliphatic heterocycles. The summed E-state index contributed by atoms with van der Waals surface area (Å²) in [6.45, 7) is 3.49. The average molecular weight is 497 g/mol. The first kappa shape index (κ1) is 21.6. The van der Waals surface area contributed by atoms with Crippen molar-refractivity contribution in [3.05, 3.63) is 76.8 Å². The molecule has 0 amide bonds. The smallest absolute Gasteiger partial charge is 0.191 e. The standard InChI is InChI=1S/C21H25ClN4.HI/c1-23-21(24-12-11-18-8-2-3-10-20(18)22)25-16-17-7-6-9-19(15-17)26-13-4-5-14-26;/h2-10,15H,11-14,16H2,1H3,(H2,23,24,25);1H. The van der Waals surface area contributed by atoms with Gasteiger partial charge in [-0.3, -0.25) is 4.99 Å². The summed E-state index contributed by atoms with van der Waals surface area (Å²) in [7, 11) is 1.79. The van der Waals surface area contributed by atoms with E-state index in [0.717, 1.165) is 49.1 Å². The summed E-state index contributed by atoms with van der Waals surface area (Å²) in [5.41, 5.74) is 3.64. The third-order valence-corrected chi connectivity index (χ3v) is 4.79. The van der Waals surface area contributed by atoms with Gasteiger partial charge in [-0.15, -0.1) is 24.0 Å². The molecular formula is C21H26ClIN4. The quantitative estimate of drug-likeness (QED) is 0.272. The van der Waals surface area contributed by atoms with E-state index in [-0.39, 0.29) is 24.0 Å². The summed E-state index contributed by atoms with van der Waals surface area (Å²) >= 11 is 6.20. The number of hydrogen-bond acceptors (Lipinski definition) is 2. The maximum Gasteiger partial charge on any atom is 0.191 e. The van der Waals surface area contributed by atoms with Gasteiger partial charge in [0.05, 0.1) is 0 Å². The molecule has 0 aromatic heterocycles. The fourth-order valence-corrected chi connectivity index (χ4v) is 3.21. The number of nitrogens with one attached hydrogen (secondary N) is 2. The maximum absolute atomic E-state index is 6.20. The lowest BCUT2D eigenvalue weighted by atomic mass is 10.1. The first-order chi connectivity index (χ1) is 12.8. The van der Waals surface area contributed by atoms with Crippen LogP contribution in [0.15, 0.2) is 65.7 Å². The molecule has 0 unspecified atom stereocenters. The van der Waals surface area contributed by atoms with Gasteiger partial charge in [-0.1, -0.05) is 54.1 Å². The highest BCUT2D eigenvalue weighted by Crippen LogP contribution is 2.18. The Kier molecular flexibility index (Phi) is 8.94. The van der Waals surface area contributed by atoms with Gasteiger partial charge in [0.25, 0.3) is 0 Å². The second-order valence-electron chi connectivity index (χ2n) is 6.24. The number of anilines is 1. The topological polar surface area (TPSA) is 39.7 Å². The zero-order chi connectivity index (χ0) is 18.2. The van der Waals surface area contributed by atoms with Crippen molar-refractivity contribution in [2.75, 3.05) is 31.6 Å². The van der Waals surface area contributed by atoms with Crippen molar-refractivity contribution in [2.24, 2.45) is 4.99 Å². The molecule has 1 heterocycles. The minimum absolute atomic E-state index is 0. The third kappa shape index (κ3) is 6.43.